The van der Waals surface area contributed by atoms with E-state index >= 15 is 0 Å². The molecular weight excluding hydrogens is 446 g/mol. The number of aromatic amines is 1. The molecule has 3 heterocycles. The zero-order valence-corrected chi connectivity index (χ0v) is 20.2. The molecule has 9 heteroatoms. The van der Waals surface area contributed by atoms with Crippen molar-refractivity contribution in [2.75, 3.05) is 23.4 Å². The van der Waals surface area contributed by atoms with Gasteiger partial charge in [0.25, 0.3) is 17.4 Å². The van der Waals surface area contributed by atoms with E-state index in [1.807, 2.05) is 4.90 Å². The summed E-state index contributed by atoms with van der Waals surface area (Å²) in [7, 11) is 0. The van der Waals surface area contributed by atoms with Crippen molar-refractivity contribution in [3.05, 3.63) is 57.5 Å². The van der Waals surface area contributed by atoms with Gasteiger partial charge in [0.1, 0.15) is 5.76 Å². The highest BCUT2D eigenvalue weighted by molar-refractivity contribution is 6.23. The lowest BCUT2D eigenvalue weighted by molar-refractivity contribution is -0.118. The summed E-state index contributed by atoms with van der Waals surface area (Å²) in [5, 5.41) is 2.82. The fraction of sp³-hybridized carbons (Fsp3) is 0.423. The standard InChI is InChI=1S/C26H31N5O4/c1-4-5-14-35-17(3)18-9-11-19(12-10-18)27-24(33)20-15-21(32)28-23-22(20)25(34)30-26(29-23)31-13-7-6-8-16(31)2/h9-12,16H,3-8,13-15H2,1-2H3,(H,27,33)(H,28,29,30,32,34). The third-order valence-electron chi connectivity index (χ3n) is 6.34. The average Bonchev–Trinajstić information content (AvgIpc) is 2.84. The van der Waals surface area contributed by atoms with Gasteiger partial charge in [0.15, 0.2) is 5.49 Å². The van der Waals surface area contributed by atoms with E-state index in [0.717, 1.165) is 44.2 Å². The van der Waals surface area contributed by atoms with E-state index in [0.29, 0.717) is 24.0 Å². The molecule has 1 aromatic heterocycles. The fourth-order valence-electron chi connectivity index (χ4n) is 4.31. The number of aromatic nitrogens is 2. The summed E-state index contributed by atoms with van der Waals surface area (Å²) in [6.45, 7) is 9.47. The Hall–Kier alpha value is -3.75. The number of carbonyl (C=O) groups is 2. The topological polar surface area (TPSA) is 117 Å². The van der Waals surface area contributed by atoms with Crippen molar-refractivity contribution in [2.45, 2.75) is 58.4 Å². The lowest BCUT2D eigenvalue weighted by atomic mass is 10.0. The minimum atomic E-state index is -0.535. The minimum Gasteiger partial charge on any atom is -0.494 e. The van der Waals surface area contributed by atoms with Crippen LogP contribution in [0.5, 0.6) is 0 Å². The maximum Gasteiger partial charge on any atom is 0.262 e. The zero-order valence-electron chi connectivity index (χ0n) is 20.2. The first-order valence-electron chi connectivity index (χ1n) is 12.1. The molecule has 1 atom stereocenters. The number of hydrogen-bond acceptors (Lipinski definition) is 6. The van der Waals surface area contributed by atoms with E-state index in [1.54, 1.807) is 24.3 Å². The molecule has 2 amide bonds. The normalized spacial score (nSPS) is 17.4. The Balaban J connectivity index is 1.59. The van der Waals surface area contributed by atoms with Gasteiger partial charge in [-0.2, -0.15) is 9.98 Å². The molecule has 2 N–H and O–H groups in total. The summed E-state index contributed by atoms with van der Waals surface area (Å²) in [5.41, 5.74) is 0.915. The molecule has 1 unspecified atom stereocenters. The van der Waals surface area contributed by atoms with E-state index in [4.69, 9.17) is 4.74 Å². The van der Waals surface area contributed by atoms with E-state index in [9.17, 15) is 14.4 Å². The van der Waals surface area contributed by atoms with Gasteiger partial charge in [0.05, 0.1) is 18.2 Å². The lowest BCUT2D eigenvalue weighted by Crippen LogP contribution is -2.51. The molecule has 2 aromatic rings. The van der Waals surface area contributed by atoms with Crippen LogP contribution >= 0.6 is 0 Å². The number of benzene rings is 1. The van der Waals surface area contributed by atoms with Crippen molar-refractivity contribution in [2.24, 2.45) is 4.99 Å². The predicted octanol–water partition coefficient (Wildman–Crippen LogP) is 2.28. The van der Waals surface area contributed by atoms with Crippen molar-refractivity contribution in [3.8, 4) is 0 Å². The molecule has 0 spiro atoms. The predicted molar refractivity (Wildman–Crippen MR) is 134 cm³/mol. The fourth-order valence-corrected chi connectivity index (χ4v) is 4.31. The number of unbranched alkanes of at least 4 members (excludes halogenated alkanes) is 1. The van der Waals surface area contributed by atoms with Gasteiger partial charge in [-0.05, 0) is 56.9 Å². The SMILES string of the molecule is C=C(OCCCC)c1ccc(NC(=O)C2=c3c(nc(N4CCCCC4C)[nH]c3=O)=NC(=O)C2)cc1. The van der Waals surface area contributed by atoms with Gasteiger partial charge in [0.2, 0.25) is 5.95 Å². The van der Waals surface area contributed by atoms with E-state index in [2.05, 4.69) is 40.7 Å². The Bertz CT molecular complexity index is 1310. The quantitative estimate of drug-likeness (QED) is 0.445. The number of H-pyrrole nitrogens is 1. The summed E-state index contributed by atoms with van der Waals surface area (Å²) < 4.78 is 5.63. The Labute approximate surface area is 203 Å². The number of fused-ring (bicyclic) bond motifs is 1. The molecule has 0 aliphatic carbocycles. The van der Waals surface area contributed by atoms with Gasteiger partial charge in [-0.25, -0.2) is 0 Å². The monoisotopic (exact) mass is 477 g/mol. The third kappa shape index (κ3) is 5.50. The van der Waals surface area contributed by atoms with Gasteiger partial charge in [-0.3, -0.25) is 19.4 Å². The number of anilines is 2. The molecular formula is C26H31N5O4. The van der Waals surface area contributed by atoms with Crippen LogP contribution in [-0.2, 0) is 14.3 Å². The number of nitrogens with zero attached hydrogens (tertiary/aromatic N) is 3. The van der Waals surface area contributed by atoms with E-state index in [-0.39, 0.29) is 28.7 Å². The highest BCUT2D eigenvalue weighted by Crippen LogP contribution is 2.20. The first-order chi connectivity index (χ1) is 16.9. The van der Waals surface area contributed by atoms with Crippen LogP contribution in [0.3, 0.4) is 0 Å². The Morgan fingerprint density at radius 1 is 1.26 bits per heavy atom. The molecule has 1 saturated heterocycles. The Morgan fingerprint density at radius 2 is 2.03 bits per heavy atom. The molecule has 0 bridgehead atoms. The second-order valence-corrected chi connectivity index (χ2v) is 8.94. The number of nitrogens with one attached hydrogen (secondary N) is 2. The van der Waals surface area contributed by atoms with Gasteiger partial charge in [-0.15, -0.1) is 0 Å². The van der Waals surface area contributed by atoms with Crippen molar-refractivity contribution in [1.29, 1.82) is 0 Å². The lowest BCUT2D eigenvalue weighted by Gasteiger charge is -2.33. The summed E-state index contributed by atoms with van der Waals surface area (Å²) in [5.74, 6) is -0.0902. The van der Waals surface area contributed by atoms with Crippen LogP contribution in [0.1, 0.15) is 57.9 Å². The molecule has 1 aromatic carbocycles. The smallest absolute Gasteiger partial charge is 0.262 e. The number of carbonyl (C=O) groups excluding carboxylic acids is 2. The molecule has 0 radical (unpaired) electrons. The Kier molecular flexibility index (Phi) is 7.43. The molecule has 184 valence electrons. The summed E-state index contributed by atoms with van der Waals surface area (Å²) in [6.07, 6.45) is 4.83. The highest BCUT2D eigenvalue weighted by atomic mass is 16.5. The highest BCUT2D eigenvalue weighted by Gasteiger charge is 2.25. The van der Waals surface area contributed by atoms with E-state index in [1.165, 1.54) is 0 Å². The maximum absolute atomic E-state index is 13.1. The van der Waals surface area contributed by atoms with Gasteiger partial charge >= 0.3 is 0 Å². The minimum absolute atomic E-state index is 0.00111. The second kappa shape index (κ2) is 10.7. The van der Waals surface area contributed by atoms with Crippen LogP contribution in [0.25, 0.3) is 11.3 Å². The average molecular weight is 478 g/mol. The van der Waals surface area contributed by atoms with E-state index < -0.39 is 17.4 Å². The summed E-state index contributed by atoms with van der Waals surface area (Å²) in [4.78, 5) is 51.7. The Morgan fingerprint density at radius 3 is 2.74 bits per heavy atom. The van der Waals surface area contributed by atoms with Crippen LogP contribution in [0.2, 0.25) is 0 Å². The first kappa shape index (κ1) is 24.4. The van der Waals surface area contributed by atoms with Crippen LogP contribution in [0.15, 0.2) is 40.6 Å². The molecule has 9 nitrogen and oxygen atoms in total. The van der Waals surface area contributed by atoms with Crippen LogP contribution in [0.4, 0.5) is 11.6 Å². The molecule has 2 aliphatic heterocycles. The second-order valence-electron chi connectivity index (χ2n) is 8.94. The molecule has 2 aliphatic rings. The number of rotatable bonds is 8. The van der Waals surface area contributed by atoms with Crippen molar-refractivity contribution in [1.82, 2.24) is 9.97 Å². The summed E-state index contributed by atoms with van der Waals surface area (Å²) in [6, 6.07) is 7.25. The van der Waals surface area contributed by atoms with Crippen molar-refractivity contribution in [3.63, 3.8) is 0 Å². The molecule has 4 rings (SSSR count). The van der Waals surface area contributed by atoms with Crippen LogP contribution in [-0.4, -0.2) is 41.0 Å². The number of amides is 2. The van der Waals surface area contributed by atoms with Crippen LogP contribution < -0.4 is 26.5 Å². The first-order valence-corrected chi connectivity index (χ1v) is 12.1. The number of ether oxygens (including phenoxy) is 1. The molecule has 35 heavy (non-hydrogen) atoms. The van der Waals surface area contributed by atoms with Crippen LogP contribution in [0, 0.1) is 0 Å². The van der Waals surface area contributed by atoms with Gasteiger partial charge < -0.3 is 15.0 Å². The molecule has 1 fully saturated rings. The molecule has 0 saturated carbocycles. The van der Waals surface area contributed by atoms with Gasteiger partial charge in [-0.1, -0.05) is 19.9 Å². The third-order valence-corrected chi connectivity index (χ3v) is 6.34. The zero-order chi connectivity index (χ0) is 24.9. The summed E-state index contributed by atoms with van der Waals surface area (Å²) >= 11 is 0. The largest absolute Gasteiger partial charge is 0.494 e. The number of hydrogen-bond donors (Lipinski definition) is 2. The maximum atomic E-state index is 13.1. The van der Waals surface area contributed by atoms with Crippen molar-refractivity contribution >= 4 is 34.8 Å². The van der Waals surface area contributed by atoms with Gasteiger partial charge in [0, 0.05) is 29.4 Å². The van der Waals surface area contributed by atoms with Crippen molar-refractivity contribution < 1.29 is 14.3 Å². The number of piperidine rings is 1.